The van der Waals surface area contributed by atoms with Gasteiger partial charge < -0.3 is 11.1 Å². The number of aromatic nitrogens is 4. The Hall–Kier alpha value is -3.74. The van der Waals surface area contributed by atoms with Gasteiger partial charge in [-0.2, -0.15) is 5.10 Å². The van der Waals surface area contributed by atoms with Gasteiger partial charge in [0.15, 0.2) is 5.65 Å². The summed E-state index contributed by atoms with van der Waals surface area (Å²) >= 11 is 0. The van der Waals surface area contributed by atoms with Crippen molar-refractivity contribution >= 4 is 28.4 Å². The highest BCUT2D eigenvalue weighted by atomic mass is 16.1. The smallest absolute Gasteiger partial charge is 0.248 e. The van der Waals surface area contributed by atoms with Crippen molar-refractivity contribution in [2.45, 2.75) is 13.8 Å². The summed E-state index contributed by atoms with van der Waals surface area (Å²) in [4.78, 5) is 19.9. The Labute approximate surface area is 155 Å². The molecular weight excluding hydrogens is 340 g/mol. The lowest BCUT2D eigenvalue weighted by atomic mass is 10.1. The number of carbonyl (C=O) groups excluding carboxylic acids is 1. The Morgan fingerprint density at radius 2 is 1.85 bits per heavy atom. The molecule has 0 saturated heterocycles. The minimum Gasteiger partial charge on any atom is -0.366 e. The molecule has 0 aliphatic heterocycles. The maximum absolute atomic E-state index is 11.2. The number of hydrogen-bond donors (Lipinski definition) is 2. The van der Waals surface area contributed by atoms with Crippen LogP contribution in [0.1, 0.15) is 21.5 Å². The fraction of sp³-hybridized carbons (Fsp3) is 0.100. The van der Waals surface area contributed by atoms with E-state index < -0.39 is 5.91 Å². The van der Waals surface area contributed by atoms with Crippen molar-refractivity contribution in [3.8, 4) is 5.69 Å². The molecule has 2 heterocycles. The van der Waals surface area contributed by atoms with Gasteiger partial charge in [0.25, 0.3) is 0 Å². The number of amides is 1. The van der Waals surface area contributed by atoms with Crippen molar-refractivity contribution < 1.29 is 4.79 Å². The molecule has 0 atom stereocenters. The number of carbonyl (C=O) groups is 1. The first-order valence-corrected chi connectivity index (χ1v) is 8.46. The van der Waals surface area contributed by atoms with Crippen LogP contribution in [0.5, 0.6) is 0 Å². The average Bonchev–Trinajstić information content (AvgIpc) is 3.07. The minimum absolute atomic E-state index is 0.455. The van der Waals surface area contributed by atoms with Gasteiger partial charge in [-0.1, -0.05) is 17.7 Å². The second kappa shape index (κ2) is 6.53. The van der Waals surface area contributed by atoms with Gasteiger partial charge in [-0.15, -0.1) is 0 Å². The number of nitrogens with zero attached hydrogens (tertiary/aromatic N) is 4. The van der Waals surface area contributed by atoms with Gasteiger partial charge in [0.2, 0.25) is 5.91 Å². The fourth-order valence-corrected chi connectivity index (χ4v) is 3.02. The van der Waals surface area contributed by atoms with Gasteiger partial charge in [0.1, 0.15) is 12.1 Å². The Morgan fingerprint density at radius 1 is 1.07 bits per heavy atom. The Balaban J connectivity index is 1.73. The van der Waals surface area contributed by atoms with Crippen LogP contribution in [0.4, 0.5) is 11.5 Å². The van der Waals surface area contributed by atoms with Crippen LogP contribution in [0.15, 0.2) is 55.0 Å². The molecule has 0 spiro atoms. The topological polar surface area (TPSA) is 98.7 Å². The van der Waals surface area contributed by atoms with Gasteiger partial charge in [-0.05, 0) is 49.7 Å². The summed E-state index contributed by atoms with van der Waals surface area (Å²) in [6.07, 6.45) is 3.25. The average molecular weight is 358 g/mol. The van der Waals surface area contributed by atoms with Gasteiger partial charge >= 0.3 is 0 Å². The lowest BCUT2D eigenvalue weighted by Gasteiger charge is -2.09. The number of aryl methyl sites for hydroxylation is 2. The lowest BCUT2D eigenvalue weighted by molar-refractivity contribution is 0.100. The number of nitrogens with one attached hydrogen (secondary N) is 1. The number of rotatable bonds is 4. The van der Waals surface area contributed by atoms with E-state index in [0.717, 1.165) is 22.3 Å². The van der Waals surface area contributed by atoms with E-state index in [1.165, 1.54) is 11.9 Å². The fourth-order valence-electron chi connectivity index (χ4n) is 3.02. The molecule has 3 N–H and O–H groups in total. The minimum atomic E-state index is -0.458. The number of anilines is 2. The van der Waals surface area contributed by atoms with E-state index in [1.54, 1.807) is 30.5 Å². The second-order valence-electron chi connectivity index (χ2n) is 6.37. The van der Waals surface area contributed by atoms with E-state index in [1.807, 2.05) is 10.7 Å². The zero-order chi connectivity index (χ0) is 19.0. The normalized spacial score (nSPS) is 10.9. The molecule has 0 radical (unpaired) electrons. The van der Waals surface area contributed by atoms with Crippen molar-refractivity contribution in [3.05, 3.63) is 71.7 Å². The number of hydrogen-bond acceptors (Lipinski definition) is 5. The van der Waals surface area contributed by atoms with Gasteiger partial charge in [0.05, 0.1) is 17.3 Å². The lowest BCUT2D eigenvalue weighted by Crippen LogP contribution is -2.10. The third-order valence-corrected chi connectivity index (χ3v) is 4.38. The predicted molar refractivity (Wildman–Crippen MR) is 104 cm³/mol. The maximum atomic E-state index is 11.2. The third-order valence-electron chi connectivity index (χ3n) is 4.38. The van der Waals surface area contributed by atoms with Crippen LogP contribution >= 0.6 is 0 Å². The summed E-state index contributed by atoms with van der Waals surface area (Å²) in [7, 11) is 0. The van der Waals surface area contributed by atoms with E-state index >= 15 is 0 Å². The number of primary amides is 1. The molecule has 0 unspecified atom stereocenters. The molecule has 134 valence electrons. The van der Waals surface area contributed by atoms with E-state index in [2.05, 4.69) is 46.4 Å². The molecule has 4 rings (SSSR count). The van der Waals surface area contributed by atoms with E-state index in [-0.39, 0.29) is 0 Å². The number of fused-ring (bicyclic) bond motifs is 1. The van der Waals surface area contributed by atoms with Crippen LogP contribution in [0.2, 0.25) is 0 Å². The van der Waals surface area contributed by atoms with Gasteiger partial charge in [-0.3, -0.25) is 4.79 Å². The molecule has 0 saturated carbocycles. The van der Waals surface area contributed by atoms with Crippen molar-refractivity contribution in [2.75, 3.05) is 5.32 Å². The van der Waals surface area contributed by atoms with Crippen LogP contribution in [0.3, 0.4) is 0 Å². The number of nitrogens with two attached hydrogens (primary N) is 1. The quantitative estimate of drug-likeness (QED) is 0.583. The first kappa shape index (κ1) is 16.7. The van der Waals surface area contributed by atoms with Crippen LogP contribution < -0.4 is 11.1 Å². The summed E-state index contributed by atoms with van der Waals surface area (Å²) in [5.74, 6) is 0.184. The SMILES string of the molecule is Cc1ccc(-n2ncc3c(Nc4ccc(C(N)=O)cc4)ncnc32)c(C)c1. The van der Waals surface area contributed by atoms with Crippen LogP contribution in [-0.2, 0) is 0 Å². The van der Waals surface area contributed by atoms with E-state index in [9.17, 15) is 4.79 Å². The highest BCUT2D eigenvalue weighted by Gasteiger charge is 2.13. The summed E-state index contributed by atoms with van der Waals surface area (Å²) in [6, 6.07) is 13.1. The summed E-state index contributed by atoms with van der Waals surface area (Å²) in [6.45, 7) is 4.11. The van der Waals surface area contributed by atoms with Crippen molar-refractivity contribution in [2.24, 2.45) is 5.73 Å². The van der Waals surface area contributed by atoms with Crippen molar-refractivity contribution in [1.29, 1.82) is 0 Å². The zero-order valence-corrected chi connectivity index (χ0v) is 15.0. The monoisotopic (exact) mass is 358 g/mol. The molecule has 0 aliphatic rings. The molecule has 0 aliphatic carbocycles. The van der Waals surface area contributed by atoms with Crippen molar-refractivity contribution in [1.82, 2.24) is 19.7 Å². The summed E-state index contributed by atoms with van der Waals surface area (Å²) in [5.41, 5.74) is 10.5. The summed E-state index contributed by atoms with van der Waals surface area (Å²) < 4.78 is 1.81. The maximum Gasteiger partial charge on any atom is 0.248 e. The molecule has 2 aromatic heterocycles. The molecule has 0 fully saturated rings. The standard InChI is InChI=1S/C20H18N6O/c1-12-3-8-17(13(2)9-12)26-20-16(10-24-26)19(22-11-23-20)25-15-6-4-14(5-7-15)18(21)27/h3-11H,1-2H3,(H2,21,27)(H,22,23,25). The van der Waals surface area contributed by atoms with Crippen molar-refractivity contribution in [3.63, 3.8) is 0 Å². The first-order valence-electron chi connectivity index (χ1n) is 8.46. The Morgan fingerprint density at radius 3 is 2.56 bits per heavy atom. The van der Waals surface area contributed by atoms with E-state index in [4.69, 9.17) is 5.73 Å². The predicted octanol–water partition coefficient (Wildman–Crippen LogP) is 3.27. The molecule has 7 nitrogen and oxygen atoms in total. The van der Waals surface area contributed by atoms with Gasteiger partial charge in [0, 0.05) is 11.3 Å². The largest absolute Gasteiger partial charge is 0.366 e. The highest BCUT2D eigenvalue weighted by Crippen LogP contribution is 2.26. The molecule has 2 aromatic carbocycles. The molecule has 0 bridgehead atoms. The van der Waals surface area contributed by atoms with Gasteiger partial charge in [-0.25, -0.2) is 14.6 Å². The zero-order valence-electron chi connectivity index (χ0n) is 15.0. The number of benzene rings is 2. The molecular formula is C20H18N6O. The van der Waals surface area contributed by atoms with Crippen LogP contribution in [-0.4, -0.2) is 25.7 Å². The molecule has 4 aromatic rings. The Bertz CT molecular complexity index is 1150. The molecule has 27 heavy (non-hydrogen) atoms. The third kappa shape index (κ3) is 3.10. The highest BCUT2D eigenvalue weighted by molar-refractivity contribution is 5.93. The van der Waals surface area contributed by atoms with Crippen LogP contribution in [0, 0.1) is 13.8 Å². The Kier molecular flexibility index (Phi) is 4.04. The second-order valence-corrected chi connectivity index (χ2v) is 6.37. The molecule has 7 heteroatoms. The first-order chi connectivity index (χ1) is 13.0. The summed E-state index contributed by atoms with van der Waals surface area (Å²) in [5, 5.41) is 8.56. The van der Waals surface area contributed by atoms with E-state index in [0.29, 0.717) is 17.0 Å². The van der Waals surface area contributed by atoms with Crippen LogP contribution in [0.25, 0.3) is 16.7 Å². The molecule has 1 amide bonds.